The molecule has 0 N–H and O–H groups in total. The minimum atomic E-state index is -0.620. The van der Waals surface area contributed by atoms with Crippen LogP contribution in [0.3, 0.4) is 0 Å². The van der Waals surface area contributed by atoms with Crippen LogP contribution in [0.5, 0.6) is 23.0 Å². The molecule has 0 aromatic heterocycles. The summed E-state index contributed by atoms with van der Waals surface area (Å²) in [5.41, 5.74) is 1.28. The maximum absolute atomic E-state index is 12.6. The van der Waals surface area contributed by atoms with E-state index in [4.69, 9.17) is 18.9 Å². The average molecular weight is 392 g/mol. The molecule has 0 unspecified atom stereocenters. The highest BCUT2D eigenvalue weighted by molar-refractivity contribution is 6.09. The molecule has 0 aliphatic heterocycles. The number of carbonyl (C=O) groups is 2. The van der Waals surface area contributed by atoms with Crippen molar-refractivity contribution >= 4 is 11.8 Å². The molecule has 0 amide bonds. The Labute approximate surface area is 168 Å². The minimum Gasteiger partial charge on any atom is -0.493 e. The highest BCUT2D eigenvalue weighted by Gasteiger charge is 2.22. The fraction of sp³-hybridized carbons (Fsp3) is 0.130. The topological polar surface area (TPSA) is 71.1 Å². The van der Waals surface area contributed by atoms with Gasteiger partial charge in [-0.15, -0.1) is 0 Å². The van der Waals surface area contributed by atoms with Gasteiger partial charge in [-0.05, 0) is 36.4 Å². The molecule has 0 aliphatic carbocycles. The normalized spacial score (nSPS) is 10.2. The molecule has 3 rings (SSSR count). The maximum atomic E-state index is 12.6. The van der Waals surface area contributed by atoms with Crippen LogP contribution in [0.2, 0.25) is 0 Å². The highest BCUT2D eigenvalue weighted by atomic mass is 16.5. The molecule has 6 nitrogen and oxygen atoms in total. The molecule has 0 atom stereocenters. The third-order valence-electron chi connectivity index (χ3n) is 4.29. The lowest BCUT2D eigenvalue weighted by atomic mass is 10.0. The number of rotatable bonds is 7. The van der Waals surface area contributed by atoms with Crippen LogP contribution >= 0.6 is 0 Å². The number of ether oxygens (including phenoxy) is 4. The Balaban J connectivity index is 1.80. The van der Waals surface area contributed by atoms with Crippen LogP contribution in [-0.2, 0) is 0 Å². The Hall–Kier alpha value is -3.80. The van der Waals surface area contributed by atoms with E-state index in [1.807, 2.05) is 6.07 Å². The standard InChI is InChI=1S/C23H20O6/c1-26-19-14-13-18(21(27-2)22(19)28-3)23(25)29-17-11-9-16(10-12-17)20(24)15-7-5-4-6-8-15/h4-14H,1-3H3. The van der Waals surface area contributed by atoms with Crippen LogP contribution in [0.15, 0.2) is 66.7 Å². The summed E-state index contributed by atoms with van der Waals surface area (Å²) in [6, 6.07) is 18.5. The first-order valence-electron chi connectivity index (χ1n) is 8.80. The van der Waals surface area contributed by atoms with E-state index in [1.54, 1.807) is 54.6 Å². The predicted molar refractivity (Wildman–Crippen MR) is 107 cm³/mol. The summed E-state index contributed by atoms with van der Waals surface area (Å²) in [5.74, 6) is 0.525. The molecule has 3 aromatic rings. The van der Waals surface area contributed by atoms with E-state index in [-0.39, 0.29) is 17.1 Å². The van der Waals surface area contributed by atoms with Crippen molar-refractivity contribution in [3.63, 3.8) is 0 Å². The van der Waals surface area contributed by atoms with E-state index >= 15 is 0 Å². The van der Waals surface area contributed by atoms with Gasteiger partial charge in [0.2, 0.25) is 5.75 Å². The van der Waals surface area contributed by atoms with Gasteiger partial charge in [-0.1, -0.05) is 30.3 Å². The van der Waals surface area contributed by atoms with Crippen molar-refractivity contribution in [3.05, 3.63) is 83.4 Å². The Kier molecular flexibility index (Phi) is 6.14. The van der Waals surface area contributed by atoms with Gasteiger partial charge >= 0.3 is 5.97 Å². The molecule has 0 radical (unpaired) electrons. The zero-order chi connectivity index (χ0) is 20.8. The average Bonchev–Trinajstić information content (AvgIpc) is 2.78. The van der Waals surface area contributed by atoms with E-state index < -0.39 is 5.97 Å². The van der Waals surface area contributed by atoms with Gasteiger partial charge in [0.05, 0.1) is 21.3 Å². The number of benzene rings is 3. The molecule has 0 spiro atoms. The summed E-state index contributed by atoms with van der Waals surface area (Å²) in [6.45, 7) is 0. The van der Waals surface area contributed by atoms with E-state index in [0.717, 1.165) is 0 Å². The molecule has 3 aromatic carbocycles. The number of methoxy groups -OCH3 is 3. The van der Waals surface area contributed by atoms with Crippen LogP contribution in [0.25, 0.3) is 0 Å². The van der Waals surface area contributed by atoms with E-state index in [2.05, 4.69) is 0 Å². The third-order valence-corrected chi connectivity index (χ3v) is 4.29. The quantitative estimate of drug-likeness (QED) is 0.342. The van der Waals surface area contributed by atoms with Crippen molar-refractivity contribution in [1.29, 1.82) is 0 Å². The minimum absolute atomic E-state index is 0.106. The molecule has 0 heterocycles. The van der Waals surface area contributed by atoms with Crippen molar-refractivity contribution in [2.45, 2.75) is 0 Å². The number of esters is 1. The van der Waals surface area contributed by atoms with E-state index in [0.29, 0.717) is 28.4 Å². The summed E-state index contributed by atoms with van der Waals surface area (Å²) in [7, 11) is 4.38. The van der Waals surface area contributed by atoms with Gasteiger partial charge in [0, 0.05) is 11.1 Å². The number of hydrogen-bond donors (Lipinski definition) is 0. The van der Waals surface area contributed by atoms with Crippen molar-refractivity contribution in [1.82, 2.24) is 0 Å². The van der Waals surface area contributed by atoms with Crippen molar-refractivity contribution in [2.24, 2.45) is 0 Å². The lowest BCUT2D eigenvalue weighted by molar-refractivity contribution is 0.0730. The van der Waals surface area contributed by atoms with Gasteiger partial charge in [0.25, 0.3) is 0 Å². The van der Waals surface area contributed by atoms with E-state index in [9.17, 15) is 9.59 Å². The molecule has 6 heteroatoms. The smallest absolute Gasteiger partial charge is 0.347 e. The second kappa shape index (κ2) is 8.93. The highest BCUT2D eigenvalue weighted by Crippen LogP contribution is 2.40. The van der Waals surface area contributed by atoms with Crippen molar-refractivity contribution < 1.29 is 28.5 Å². The summed E-state index contributed by atoms with van der Waals surface area (Å²) >= 11 is 0. The zero-order valence-electron chi connectivity index (χ0n) is 16.3. The van der Waals surface area contributed by atoms with Crippen LogP contribution in [0, 0.1) is 0 Å². The van der Waals surface area contributed by atoms with Crippen LogP contribution < -0.4 is 18.9 Å². The molecule has 0 aliphatic rings. The first kappa shape index (κ1) is 19.9. The van der Waals surface area contributed by atoms with Crippen molar-refractivity contribution in [2.75, 3.05) is 21.3 Å². The number of carbonyl (C=O) groups excluding carboxylic acids is 2. The van der Waals surface area contributed by atoms with Gasteiger partial charge in [0.15, 0.2) is 17.3 Å². The van der Waals surface area contributed by atoms with Gasteiger partial charge in [-0.25, -0.2) is 4.79 Å². The van der Waals surface area contributed by atoms with Crippen molar-refractivity contribution in [3.8, 4) is 23.0 Å². The second-order valence-electron chi connectivity index (χ2n) is 5.99. The Morgan fingerprint density at radius 1 is 0.655 bits per heavy atom. The Bertz CT molecular complexity index is 1010. The monoisotopic (exact) mass is 392 g/mol. The maximum Gasteiger partial charge on any atom is 0.347 e. The molecule has 148 valence electrons. The molecule has 0 bridgehead atoms. The predicted octanol–water partition coefficient (Wildman–Crippen LogP) is 4.16. The zero-order valence-corrected chi connectivity index (χ0v) is 16.3. The van der Waals surface area contributed by atoms with Crippen LogP contribution in [0.4, 0.5) is 0 Å². The number of hydrogen-bond acceptors (Lipinski definition) is 6. The first-order chi connectivity index (χ1) is 14.1. The lowest BCUT2D eigenvalue weighted by Crippen LogP contribution is -2.11. The molecular formula is C23H20O6. The molecule has 0 fully saturated rings. The molecule has 0 saturated heterocycles. The largest absolute Gasteiger partial charge is 0.493 e. The molecular weight excluding hydrogens is 372 g/mol. The molecule has 0 saturated carbocycles. The fourth-order valence-electron chi connectivity index (χ4n) is 2.85. The summed E-state index contributed by atoms with van der Waals surface area (Å²) in [6.07, 6.45) is 0. The van der Waals surface area contributed by atoms with E-state index in [1.165, 1.54) is 27.4 Å². The van der Waals surface area contributed by atoms with Crippen LogP contribution in [-0.4, -0.2) is 33.1 Å². The van der Waals surface area contributed by atoms with Crippen LogP contribution in [0.1, 0.15) is 26.3 Å². The van der Waals surface area contributed by atoms with Gasteiger partial charge in [-0.2, -0.15) is 0 Å². The lowest BCUT2D eigenvalue weighted by Gasteiger charge is -2.15. The van der Waals surface area contributed by atoms with Gasteiger partial charge in [-0.3, -0.25) is 4.79 Å². The Morgan fingerprint density at radius 2 is 1.28 bits per heavy atom. The second-order valence-corrected chi connectivity index (χ2v) is 5.99. The third kappa shape index (κ3) is 4.21. The fourth-order valence-corrected chi connectivity index (χ4v) is 2.85. The van der Waals surface area contributed by atoms with Gasteiger partial charge in [0.1, 0.15) is 11.3 Å². The van der Waals surface area contributed by atoms with Gasteiger partial charge < -0.3 is 18.9 Å². The summed E-state index contributed by atoms with van der Waals surface area (Å²) in [5, 5.41) is 0. The number of ketones is 1. The SMILES string of the molecule is COc1ccc(C(=O)Oc2ccc(C(=O)c3ccccc3)cc2)c(OC)c1OC. The summed E-state index contributed by atoms with van der Waals surface area (Å²) < 4.78 is 21.3. The first-order valence-corrected chi connectivity index (χ1v) is 8.80. The Morgan fingerprint density at radius 3 is 1.86 bits per heavy atom. The molecule has 29 heavy (non-hydrogen) atoms. The summed E-state index contributed by atoms with van der Waals surface area (Å²) in [4.78, 5) is 25.1.